The molecule has 6 nitrogen and oxygen atoms in total. The highest BCUT2D eigenvalue weighted by molar-refractivity contribution is 5.95. The van der Waals surface area contributed by atoms with Gasteiger partial charge in [0.25, 0.3) is 11.5 Å². The second-order valence-corrected chi connectivity index (χ2v) is 6.54. The molecule has 0 saturated carbocycles. The number of H-pyrrole nitrogens is 1. The molecule has 24 heavy (non-hydrogen) atoms. The molecule has 0 radical (unpaired) electrons. The summed E-state index contributed by atoms with van der Waals surface area (Å²) in [6.45, 7) is 6.10. The maximum Gasteiger partial charge on any atom is 0.335 e. The first-order valence-corrected chi connectivity index (χ1v) is 7.53. The maximum absolute atomic E-state index is 12.1. The number of carbonyl (C=O) groups excluding carboxylic acids is 1. The van der Waals surface area contributed by atoms with Gasteiger partial charge in [-0.05, 0) is 36.4 Å². The van der Waals surface area contributed by atoms with Gasteiger partial charge < -0.3 is 15.4 Å². The number of aromatic amines is 1. The fourth-order valence-electron chi connectivity index (χ4n) is 2.12. The standard InChI is InChI=1S/C18H20N2O4/c1-18(2,3)14-9-8-13(16(22)20-14)10-19-15(21)11-4-6-12(7-5-11)17(23)24/h4-9H,10H2,1-3H3,(H,19,21)(H,20,22)(H,23,24). The van der Waals surface area contributed by atoms with Crippen LogP contribution in [0.25, 0.3) is 0 Å². The van der Waals surface area contributed by atoms with Crippen LogP contribution in [0, 0.1) is 0 Å². The Morgan fingerprint density at radius 2 is 1.62 bits per heavy atom. The average molecular weight is 328 g/mol. The van der Waals surface area contributed by atoms with E-state index in [2.05, 4.69) is 10.3 Å². The van der Waals surface area contributed by atoms with E-state index in [-0.39, 0.29) is 29.0 Å². The molecule has 1 aromatic carbocycles. The first kappa shape index (κ1) is 17.5. The first-order valence-electron chi connectivity index (χ1n) is 7.53. The molecule has 6 heteroatoms. The zero-order chi connectivity index (χ0) is 17.9. The quantitative estimate of drug-likeness (QED) is 0.802. The number of hydrogen-bond donors (Lipinski definition) is 3. The highest BCUT2D eigenvalue weighted by atomic mass is 16.4. The van der Waals surface area contributed by atoms with E-state index in [1.54, 1.807) is 6.07 Å². The lowest BCUT2D eigenvalue weighted by Crippen LogP contribution is -2.28. The summed E-state index contributed by atoms with van der Waals surface area (Å²) in [6.07, 6.45) is 0. The Morgan fingerprint density at radius 1 is 1.04 bits per heavy atom. The van der Waals surface area contributed by atoms with Gasteiger partial charge in [-0.2, -0.15) is 0 Å². The van der Waals surface area contributed by atoms with Gasteiger partial charge in [0.15, 0.2) is 0 Å². The topological polar surface area (TPSA) is 99.3 Å². The molecule has 0 unspecified atom stereocenters. The van der Waals surface area contributed by atoms with E-state index in [1.807, 2.05) is 26.8 Å². The monoisotopic (exact) mass is 328 g/mol. The van der Waals surface area contributed by atoms with Crippen LogP contribution in [0.4, 0.5) is 0 Å². The van der Waals surface area contributed by atoms with Gasteiger partial charge in [0, 0.05) is 28.8 Å². The number of aromatic carboxylic acids is 1. The predicted molar refractivity (Wildman–Crippen MR) is 90.3 cm³/mol. The molecule has 1 heterocycles. The van der Waals surface area contributed by atoms with Crippen LogP contribution in [-0.2, 0) is 12.0 Å². The highest BCUT2D eigenvalue weighted by Crippen LogP contribution is 2.18. The number of aromatic nitrogens is 1. The van der Waals surface area contributed by atoms with Crippen molar-refractivity contribution in [3.05, 3.63) is 69.1 Å². The lowest BCUT2D eigenvalue weighted by Gasteiger charge is -2.18. The van der Waals surface area contributed by atoms with Gasteiger partial charge in [-0.1, -0.05) is 20.8 Å². The minimum absolute atomic E-state index is 0.0965. The van der Waals surface area contributed by atoms with Gasteiger partial charge >= 0.3 is 5.97 Å². The molecule has 0 aliphatic carbocycles. The van der Waals surface area contributed by atoms with E-state index in [0.717, 1.165) is 5.69 Å². The number of hydrogen-bond acceptors (Lipinski definition) is 3. The smallest absolute Gasteiger partial charge is 0.335 e. The van der Waals surface area contributed by atoms with Crippen LogP contribution in [0.15, 0.2) is 41.2 Å². The summed E-state index contributed by atoms with van der Waals surface area (Å²) >= 11 is 0. The van der Waals surface area contributed by atoms with Crippen molar-refractivity contribution < 1.29 is 14.7 Å². The van der Waals surface area contributed by atoms with Crippen LogP contribution < -0.4 is 10.9 Å². The molecular weight excluding hydrogens is 308 g/mol. The van der Waals surface area contributed by atoms with Crippen molar-refractivity contribution in [1.29, 1.82) is 0 Å². The van der Waals surface area contributed by atoms with Crippen LogP contribution >= 0.6 is 0 Å². The Bertz CT molecular complexity index is 814. The lowest BCUT2D eigenvalue weighted by atomic mass is 9.91. The van der Waals surface area contributed by atoms with Crippen molar-refractivity contribution >= 4 is 11.9 Å². The maximum atomic E-state index is 12.1. The predicted octanol–water partition coefficient (Wildman–Crippen LogP) is 2.30. The van der Waals surface area contributed by atoms with Crippen LogP contribution in [0.1, 0.15) is 52.7 Å². The van der Waals surface area contributed by atoms with Crippen LogP contribution in [0.2, 0.25) is 0 Å². The van der Waals surface area contributed by atoms with E-state index < -0.39 is 5.97 Å². The summed E-state index contributed by atoms with van der Waals surface area (Å²) < 4.78 is 0. The zero-order valence-corrected chi connectivity index (χ0v) is 13.8. The fourth-order valence-corrected chi connectivity index (χ4v) is 2.12. The van der Waals surface area contributed by atoms with Gasteiger partial charge in [0.2, 0.25) is 0 Å². The Morgan fingerprint density at radius 3 is 2.12 bits per heavy atom. The largest absolute Gasteiger partial charge is 0.478 e. The van der Waals surface area contributed by atoms with Crippen molar-refractivity contribution in [2.75, 3.05) is 0 Å². The van der Waals surface area contributed by atoms with Crippen molar-refractivity contribution in [2.45, 2.75) is 32.7 Å². The molecule has 3 N–H and O–H groups in total. The number of carbonyl (C=O) groups is 2. The summed E-state index contributed by atoms with van der Waals surface area (Å²) in [5, 5.41) is 11.5. The number of carboxylic acid groups (broad SMARTS) is 1. The summed E-state index contributed by atoms with van der Waals surface area (Å²) in [5.74, 6) is -1.42. The summed E-state index contributed by atoms with van der Waals surface area (Å²) in [6, 6.07) is 9.14. The second kappa shape index (κ2) is 6.70. The van der Waals surface area contributed by atoms with Gasteiger partial charge in [-0.3, -0.25) is 9.59 Å². The Kier molecular flexibility index (Phi) is 4.87. The van der Waals surface area contributed by atoms with Crippen molar-refractivity contribution in [2.24, 2.45) is 0 Å². The molecule has 0 bridgehead atoms. The molecule has 1 amide bonds. The third kappa shape index (κ3) is 4.10. The minimum atomic E-state index is -1.05. The molecule has 0 spiro atoms. The van der Waals surface area contributed by atoms with Crippen molar-refractivity contribution in [3.8, 4) is 0 Å². The number of pyridine rings is 1. The average Bonchev–Trinajstić information content (AvgIpc) is 2.52. The molecule has 0 aliphatic rings. The SMILES string of the molecule is CC(C)(C)c1ccc(CNC(=O)c2ccc(C(=O)O)cc2)c(=O)[nH]1. The molecule has 2 rings (SSSR count). The lowest BCUT2D eigenvalue weighted by molar-refractivity contribution is 0.0696. The number of carboxylic acids is 1. The Hall–Kier alpha value is -2.89. The second-order valence-electron chi connectivity index (χ2n) is 6.54. The van der Waals surface area contributed by atoms with E-state index in [1.165, 1.54) is 24.3 Å². The third-order valence-electron chi connectivity index (χ3n) is 3.63. The van der Waals surface area contributed by atoms with Gasteiger partial charge in [0.05, 0.1) is 5.56 Å². The van der Waals surface area contributed by atoms with E-state index in [0.29, 0.717) is 11.1 Å². The number of rotatable bonds is 4. The molecule has 0 atom stereocenters. The Balaban J connectivity index is 2.06. The molecule has 2 aromatic rings. The van der Waals surface area contributed by atoms with E-state index in [4.69, 9.17) is 5.11 Å². The van der Waals surface area contributed by atoms with E-state index >= 15 is 0 Å². The summed E-state index contributed by atoms with van der Waals surface area (Å²) in [4.78, 5) is 37.8. The van der Waals surface area contributed by atoms with Crippen LogP contribution in [0.3, 0.4) is 0 Å². The minimum Gasteiger partial charge on any atom is -0.478 e. The number of amides is 1. The van der Waals surface area contributed by atoms with Crippen molar-refractivity contribution in [1.82, 2.24) is 10.3 Å². The summed E-state index contributed by atoms with van der Waals surface area (Å²) in [7, 11) is 0. The molecule has 0 saturated heterocycles. The highest BCUT2D eigenvalue weighted by Gasteiger charge is 2.15. The number of benzene rings is 1. The zero-order valence-electron chi connectivity index (χ0n) is 13.8. The van der Waals surface area contributed by atoms with Gasteiger partial charge in [0.1, 0.15) is 0 Å². The number of nitrogens with one attached hydrogen (secondary N) is 2. The Labute approximate surface area is 139 Å². The molecule has 1 aromatic heterocycles. The van der Waals surface area contributed by atoms with Crippen LogP contribution in [-0.4, -0.2) is 22.0 Å². The molecule has 0 fully saturated rings. The van der Waals surface area contributed by atoms with Crippen LogP contribution in [0.5, 0.6) is 0 Å². The molecular formula is C18H20N2O4. The molecule has 126 valence electrons. The normalized spacial score (nSPS) is 11.1. The molecule has 0 aliphatic heterocycles. The first-order chi connectivity index (χ1) is 11.2. The van der Waals surface area contributed by atoms with E-state index in [9.17, 15) is 14.4 Å². The fraction of sp³-hybridized carbons (Fsp3) is 0.278. The van der Waals surface area contributed by atoms with Crippen molar-refractivity contribution in [3.63, 3.8) is 0 Å². The van der Waals surface area contributed by atoms with Gasteiger partial charge in [-0.15, -0.1) is 0 Å². The summed E-state index contributed by atoms with van der Waals surface area (Å²) in [5.41, 5.74) is 1.34. The third-order valence-corrected chi connectivity index (χ3v) is 3.63. The van der Waals surface area contributed by atoms with Gasteiger partial charge in [-0.25, -0.2) is 4.79 Å².